The van der Waals surface area contributed by atoms with Gasteiger partial charge in [0.1, 0.15) is 18.2 Å². The monoisotopic (exact) mass is 226 g/mol. The van der Waals surface area contributed by atoms with Gasteiger partial charge in [-0.2, -0.15) is 0 Å². The number of hydrogen-bond acceptors (Lipinski definition) is 5. The summed E-state index contributed by atoms with van der Waals surface area (Å²) in [6.45, 7) is 1.74. The van der Waals surface area contributed by atoms with Crippen LogP contribution in [0.4, 0.5) is 5.82 Å². The van der Waals surface area contributed by atoms with Gasteiger partial charge < -0.3 is 20.8 Å². The number of rotatable bonds is 4. The molecule has 0 fully saturated rings. The first kappa shape index (κ1) is 12.0. The maximum Gasteiger partial charge on any atom is 0.360 e. The van der Waals surface area contributed by atoms with Crippen LogP contribution in [0.25, 0.3) is 0 Å². The zero-order valence-electron chi connectivity index (χ0n) is 9.19. The molecule has 16 heavy (non-hydrogen) atoms. The number of ether oxygens (including phenoxy) is 1. The van der Waals surface area contributed by atoms with Crippen molar-refractivity contribution in [3.8, 4) is 0 Å². The molecule has 7 nitrogen and oxygen atoms in total. The Labute approximate surface area is 92.4 Å². The number of aromatic nitrogens is 2. The first-order chi connectivity index (χ1) is 7.51. The average molecular weight is 226 g/mol. The van der Waals surface area contributed by atoms with Crippen molar-refractivity contribution < 1.29 is 14.3 Å². The van der Waals surface area contributed by atoms with Crippen molar-refractivity contribution in [2.24, 2.45) is 5.73 Å². The quantitative estimate of drug-likeness (QED) is 0.659. The number of hydrogen-bond donors (Lipinski definition) is 2. The van der Waals surface area contributed by atoms with E-state index in [1.807, 2.05) is 6.92 Å². The second-order valence-electron chi connectivity index (χ2n) is 3.16. The third-order valence-corrected chi connectivity index (χ3v) is 2.09. The van der Waals surface area contributed by atoms with E-state index in [1.54, 1.807) is 0 Å². The molecular weight excluding hydrogens is 212 g/mol. The lowest BCUT2D eigenvalue weighted by Crippen LogP contribution is -2.21. The van der Waals surface area contributed by atoms with Gasteiger partial charge in [0.05, 0.1) is 7.11 Å². The maximum absolute atomic E-state index is 11.3. The van der Waals surface area contributed by atoms with Crippen LogP contribution in [0.1, 0.15) is 23.2 Å². The van der Waals surface area contributed by atoms with Gasteiger partial charge >= 0.3 is 5.97 Å². The van der Waals surface area contributed by atoms with Crippen molar-refractivity contribution in [3.05, 3.63) is 11.5 Å². The van der Waals surface area contributed by atoms with Gasteiger partial charge in [-0.15, -0.1) is 0 Å². The summed E-state index contributed by atoms with van der Waals surface area (Å²) in [6, 6.07) is 0. The van der Waals surface area contributed by atoms with Crippen LogP contribution in [-0.4, -0.2) is 28.5 Å². The van der Waals surface area contributed by atoms with Crippen molar-refractivity contribution in [2.75, 3.05) is 12.8 Å². The van der Waals surface area contributed by atoms with E-state index in [0.29, 0.717) is 12.2 Å². The van der Waals surface area contributed by atoms with E-state index < -0.39 is 11.9 Å². The summed E-state index contributed by atoms with van der Waals surface area (Å²) in [5.74, 6) is -0.551. The highest BCUT2D eigenvalue weighted by molar-refractivity contribution is 5.92. The minimum Gasteiger partial charge on any atom is -0.464 e. The minimum atomic E-state index is -0.629. The molecule has 1 aromatic heterocycles. The molecular formula is C9H14N4O3. The topological polar surface area (TPSA) is 113 Å². The van der Waals surface area contributed by atoms with E-state index in [2.05, 4.69) is 9.72 Å². The summed E-state index contributed by atoms with van der Waals surface area (Å²) in [5, 5.41) is 0. The Balaban J connectivity index is 3.20. The molecule has 1 rings (SSSR count). The van der Waals surface area contributed by atoms with Crippen LogP contribution in [0.15, 0.2) is 0 Å². The molecule has 0 unspecified atom stereocenters. The number of methoxy groups -OCH3 is 1. The first-order valence-electron chi connectivity index (χ1n) is 4.72. The van der Waals surface area contributed by atoms with E-state index in [9.17, 15) is 9.59 Å². The number of nitrogen functional groups attached to an aromatic ring is 1. The Kier molecular flexibility index (Phi) is 3.49. The van der Waals surface area contributed by atoms with Gasteiger partial charge in [0, 0.05) is 6.42 Å². The van der Waals surface area contributed by atoms with Gasteiger partial charge in [-0.1, -0.05) is 6.92 Å². The zero-order valence-corrected chi connectivity index (χ0v) is 9.19. The molecule has 0 bridgehead atoms. The molecule has 0 spiro atoms. The predicted molar refractivity (Wildman–Crippen MR) is 56.6 cm³/mol. The summed E-state index contributed by atoms with van der Waals surface area (Å²) in [4.78, 5) is 26.2. The third kappa shape index (κ3) is 2.13. The van der Waals surface area contributed by atoms with Gasteiger partial charge in [-0.3, -0.25) is 4.79 Å². The summed E-state index contributed by atoms with van der Waals surface area (Å²) < 4.78 is 5.94. The minimum absolute atomic E-state index is 0.0144. The molecule has 0 aliphatic carbocycles. The molecule has 0 saturated carbocycles. The van der Waals surface area contributed by atoms with Crippen LogP contribution in [0, 0.1) is 0 Å². The van der Waals surface area contributed by atoms with Gasteiger partial charge in [-0.05, 0) is 0 Å². The van der Waals surface area contributed by atoms with Crippen LogP contribution in [0.3, 0.4) is 0 Å². The molecule has 0 aliphatic heterocycles. The number of esters is 1. The Morgan fingerprint density at radius 2 is 2.12 bits per heavy atom. The van der Waals surface area contributed by atoms with E-state index >= 15 is 0 Å². The van der Waals surface area contributed by atoms with Crippen LogP contribution >= 0.6 is 0 Å². The normalized spacial score (nSPS) is 10.1. The number of carbonyl (C=O) groups excluding carboxylic acids is 2. The number of nitrogens with two attached hydrogens (primary N) is 2. The fraction of sp³-hybridized carbons (Fsp3) is 0.444. The lowest BCUT2D eigenvalue weighted by Gasteiger charge is -2.05. The second kappa shape index (κ2) is 4.65. The van der Waals surface area contributed by atoms with Crippen LogP contribution in [0.5, 0.6) is 0 Å². The molecule has 0 aromatic carbocycles. The van der Waals surface area contributed by atoms with E-state index in [4.69, 9.17) is 11.5 Å². The van der Waals surface area contributed by atoms with Gasteiger partial charge in [0.25, 0.3) is 0 Å². The summed E-state index contributed by atoms with van der Waals surface area (Å²) in [7, 11) is 1.24. The standard InChI is InChI=1S/C9H14N4O3/c1-3-6-12-7(9(15)16-2)8(11)13(6)4-5(10)14/h3-4,11H2,1-2H3,(H2,10,14). The van der Waals surface area contributed by atoms with Crippen molar-refractivity contribution in [2.45, 2.75) is 19.9 Å². The predicted octanol–water partition coefficient (Wildman–Crippen LogP) is -0.700. The number of imidazole rings is 1. The van der Waals surface area contributed by atoms with Gasteiger partial charge in [0.2, 0.25) is 5.91 Å². The number of nitrogens with zero attached hydrogens (tertiary/aromatic N) is 2. The fourth-order valence-electron chi connectivity index (χ4n) is 1.36. The molecule has 1 amide bonds. The smallest absolute Gasteiger partial charge is 0.360 e. The highest BCUT2D eigenvalue weighted by Crippen LogP contribution is 2.15. The summed E-state index contributed by atoms with van der Waals surface area (Å²) in [5.41, 5.74) is 10.8. The lowest BCUT2D eigenvalue weighted by atomic mass is 10.4. The Morgan fingerprint density at radius 3 is 2.56 bits per heavy atom. The summed E-state index contributed by atoms with van der Waals surface area (Å²) in [6.07, 6.45) is 0.536. The molecule has 7 heteroatoms. The highest BCUT2D eigenvalue weighted by Gasteiger charge is 2.20. The lowest BCUT2D eigenvalue weighted by molar-refractivity contribution is -0.118. The second-order valence-corrected chi connectivity index (χ2v) is 3.16. The van der Waals surface area contributed by atoms with Crippen LogP contribution in [-0.2, 0) is 22.5 Å². The van der Waals surface area contributed by atoms with Gasteiger partial charge in [0.15, 0.2) is 5.69 Å². The van der Waals surface area contributed by atoms with Crippen LogP contribution in [0.2, 0.25) is 0 Å². The van der Waals surface area contributed by atoms with Crippen molar-refractivity contribution >= 4 is 17.7 Å². The highest BCUT2D eigenvalue weighted by atomic mass is 16.5. The SMILES string of the molecule is CCc1nc(C(=O)OC)c(N)n1CC(N)=O. The number of anilines is 1. The number of carbonyl (C=O) groups is 2. The number of primary amides is 1. The van der Waals surface area contributed by atoms with Crippen molar-refractivity contribution in [3.63, 3.8) is 0 Å². The van der Waals surface area contributed by atoms with Crippen molar-refractivity contribution in [1.29, 1.82) is 0 Å². The number of amides is 1. The van der Waals surface area contributed by atoms with Crippen molar-refractivity contribution in [1.82, 2.24) is 9.55 Å². The Bertz CT molecular complexity index is 425. The largest absolute Gasteiger partial charge is 0.464 e. The molecule has 4 N–H and O–H groups in total. The fourth-order valence-corrected chi connectivity index (χ4v) is 1.36. The third-order valence-electron chi connectivity index (χ3n) is 2.09. The van der Waals surface area contributed by atoms with Gasteiger partial charge in [-0.25, -0.2) is 9.78 Å². The van der Waals surface area contributed by atoms with E-state index in [0.717, 1.165) is 0 Å². The van der Waals surface area contributed by atoms with E-state index in [-0.39, 0.29) is 18.1 Å². The molecule has 1 aromatic rings. The molecule has 0 aliphatic rings. The number of aryl methyl sites for hydroxylation is 1. The zero-order chi connectivity index (χ0) is 12.3. The Morgan fingerprint density at radius 1 is 1.50 bits per heavy atom. The molecule has 0 atom stereocenters. The molecule has 88 valence electrons. The van der Waals surface area contributed by atoms with E-state index in [1.165, 1.54) is 11.7 Å². The van der Waals surface area contributed by atoms with Crippen LogP contribution < -0.4 is 11.5 Å². The average Bonchev–Trinajstić information content (AvgIpc) is 2.55. The molecule has 0 saturated heterocycles. The first-order valence-corrected chi connectivity index (χ1v) is 4.72. The summed E-state index contributed by atoms with van der Waals surface area (Å²) >= 11 is 0. The molecule has 1 heterocycles. The maximum atomic E-state index is 11.3. The Hall–Kier alpha value is -2.05. The molecule has 0 radical (unpaired) electrons.